The van der Waals surface area contributed by atoms with Gasteiger partial charge in [0.1, 0.15) is 49.6 Å². The van der Waals surface area contributed by atoms with Crippen molar-refractivity contribution in [2.24, 2.45) is 0 Å². The van der Waals surface area contributed by atoms with E-state index in [-0.39, 0.29) is 38.9 Å². The van der Waals surface area contributed by atoms with Gasteiger partial charge in [-0.25, -0.2) is 38.4 Å². The normalized spacial score (nSPS) is 29.0. The highest BCUT2D eigenvalue weighted by molar-refractivity contribution is 6.67. The lowest BCUT2D eigenvalue weighted by atomic mass is 9.94. The first-order valence-corrected chi connectivity index (χ1v) is 42.1. The van der Waals surface area contributed by atoms with Crippen molar-refractivity contribution >= 4 is 118 Å². The summed E-state index contributed by atoms with van der Waals surface area (Å²) in [6.45, 7) is 6.53. The first-order chi connectivity index (χ1) is 61.8. The van der Waals surface area contributed by atoms with Crippen LogP contribution in [0, 0.1) is 0 Å². The molecule has 5 heterocycles. The van der Waals surface area contributed by atoms with Gasteiger partial charge in [-0.2, -0.15) is 0 Å². The van der Waals surface area contributed by atoms with E-state index in [9.17, 15) is 53.1 Å². The van der Waals surface area contributed by atoms with Crippen molar-refractivity contribution in [3.8, 4) is 0 Å². The van der Waals surface area contributed by atoms with Crippen LogP contribution in [0.3, 0.4) is 0 Å². The zero-order valence-corrected chi connectivity index (χ0v) is 72.7. The molecular weight excluding hydrogens is 1780 g/mol. The summed E-state index contributed by atoms with van der Waals surface area (Å²) in [5.74, 6) is -12.8. The fraction of sp³-hybridized carbons (Fsp3) is 0.400. The van der Waals surface area contributed by atoms with Crippen molar-refractivity contribution in [1.29, 1.82) is 0 Å². The molecule has 5 saturated heterocycles. The van der Waals surface area contributed by atoms with E-state index in [1.165, 1.54) is 185 Å². The van der Waals surface area contributed by atoms with E-state index in [0.29, 0.717) is 0 Å². The van der Waals surface area contributed by atoms with Crippen molar-refractivity contribution in [2.45, 2.75) is 206 Å². The summed E-state index contributed by atoms with van der Waals surface area (Å²) in [7, 11) is 0. The summed E-state index contributed by atoms with van der Waals surface area (Å²) in [4.78, 5) is 172. The van der Waals surface area contributed by atoms with Crippen molar-refractivity contribution in [1.82, 2.24) is 5.32 Å². The maximum Gasteiger partial charge on any atom is 0.407 e. The molecule has 0 bridgehead atoms. The fourth-order valence-corrected chi connectivity index (χ4v) is 14.9. The first-order valence-electron chi connectivity index (χ1n) is 40.4. The third-order valence-electron chi connectivity index (χ3n) is 20.6. The Morgan fingerprint density at radius 1 is 0.318 bits per heavy atom. The molecule has 0 aliphatic carbocycles. The number of carbonyl (C=O) groups is 12. The van der Waals surface area contributed by atoms with E-state index in [1.807, 2.05) is 0 Å². The molecule has 5 aliphatic heterocycles. The molecule has 0 unspecified atom stereocenters. The van der Waals surface area contributed by atoms with Crippen molar-refractivity contribution < 1.29 is 162 Å². The van der Waals surface area contributed by atoms with Gasteiger partial charge in [0.2, 0.25) is 3.79 Å². The second-order valence-electron chi connectivity index (χ2n) is 29.9. The molecule has 5 fully saturated rings. The Bertz CT molecular complexity index is 5000. The number of amides is 1. The van der Waals surface area contributed by atoms with Crippen LogP contribution in [0.25, 0.3) is 0 Å². The van der Waals surface area contributed by atoms with E-state index in [2.05, 4.69) is 5.32 Å². The van der Waals surface area contributed by atoms with Gasteiger partial charge < -0.3 is 110 Å². The maximum absolute atomic E-state index is 15.5. The predicted octanol–water partition coefficient (Wildman–Crippen LogP) is 9.84. The Morgan fingerprint density at radius 2 is 0.605 bits per heavy atom. The third kappa shape index (κ3) is 25.5. The number of nitrogens with one attached hydrogen (secondary N) is 1. The van der Waals surface area contributed by atoms with Crippen LogP contribution in [0.15, 0.2) is 212 Å². The first kappa shape index (κ1) is 96.8. The van der Waals surface area contributed by atoms with Crippen LogP contribution < -0.4 is 5.32 Å². The van der Waals surface area contributed by atoms with Crippen LogP contribution in [0.2, 0.25) is 0 Å². The molecule has 129 heavy (non-hydrogen) atoms. The van der Waals surface area contributed by atoms with Gasteiger partial charge in [0.05, 0.1) is 63.4 Å². The summed E-state index contributed by atoms with van der Waals surface area (Å²) in [5.41, 5.74) is -0.629. The van der Waals surface area contributed by atoms with E-state index in [0.717, 1.165) is 20.8 Å². The number of aliphatic hydroxyl groups excluding tert-OH is 1. The topological polar surface area (TPSA) is 431 Å². The number of hydrogen-bond donors (Lipinski definition) is 2. The molecule has 39 heteroatoms. The zero-order chi connectivity index (χ0) is 92.3. The number of carbonyl (C=O) groups excluding carboxylic acids is 12. The summed E-state index contributed by atoms with van der Waals surface area (Å²) in [6, 6.07) is 49.7. The zero-order valence-electron chi connectivity index (χ0n) is 69.7. The fourth-order valence-electron chi connectivity index (χ4n) is 14.7. The molecule has 2 N–H and O–H groups in total. The van der Waals surface area contributed by atoms with Gasteiger partial charge in [0, 0.05) is 20.8 Å². The van der Waals surface area contributed by atoms with Crippen LogP contribution in [0.1, 0.15) is 121 Å². The van der Waals surface area contributed by atoms with Crippen LogP contribution in [-0.2, 0) is 119 Å². The number of hydrogen-bond acceptors (Lipinski definition) is 34. The van der Waals surface area contributed by atoms with E-state index in [4.69, 9.17) is 146 Å². The Balaban J connectivity index is 1.05. The molecule has 1 amide bonds. The Morgan fingerprint density at radius 3 is 0.953 bits per heavy atom. The average molecular weight is 1870 g/mol. The number of benzene rings is 7. The van der Waals surface area contributed by atoms with Crippen LogP contribution in [0.5, 0.6) is 0 Å². The van der Waals surface area contributed by atoms with Crippen molar-refractivity contribution in [3.63, 3.8) is 0 Å². The summed E-state index contributed by atoms with van der Waals surface area (Å²) in [6.07, 6.45) is -49.8. The molecule has 25 atom stereocenters. The lowest BCUT2D eigenvalue weighted by Gasteiger charge is -2.51. The minimum Gasteiger partial charge on any atom is -0.463 e. The van der Waals surface area contributed by atoms with E-state index >= 15 is 9.59 Å². The summed E-state index contributed by atoms with van der Waals surface area (Å²) < 4.78 is 132. The Hall–Kier alpha value is -11.3. The highest BCUT2D eigenvalue weighted by Gasteiger charge is 2.62. The number of alkyl halides is 4. The number of rotatable bonds is 30. The average Bonchev–Trinajstić information content (AvgIpc) is 1.45. The van der Waals surface area contributed by atoms with Crippen molar-refractivity contribution in [3.05, 3.63) is 251 Å². The molecular formula is C90H89Cl4NO34. The summed E-state index contributed by atoms with van der Waals surface area (Å²) in [5, 5.41) is 15.4. The Kier molecular flexibility index (Phi) is 33.7. The van der Waals surface area contributed by atoms with E-state index < -0.39 is 248 Å². The number of aliphatic hydroxyl groups is 1. The molecule has 7 aromatic rings. The number of esters is 11. The number of alkyl carbamates (subject to hydrolysis) is 1. The van der Waals surface area contributed by atoms with Gasteiger partial charge >= 0.3 is 71.8 Å². The minimum atomic E-state index is -2.39. The van der Waals surface area contributed by atoms with Crippen LogP contribution >= 0.6 is 46.4 Å². The third-order valence-corrected chi connectivity index (χ3v) is 21.1. The van der Waals surface area contributed by atoms with Gasteiger partial charge in [0.25, 0.3) is 0 Å². The minimum absolute atomic E-state index is 0.0105. The lowest BCUT2D eigenvalue weighted by Crippen LogP contribution is -2.70. The smallest absolute Gasteiger partial charge is 0.407 e. The SMILES string of the molecule is CC(=O)OC[C@H]1O[C@@H](O[C@@H]2[C@@H](OC(=O)c3ccccc3)[C@H](C)O[C@@H](O)[C@@H]2O[C@@H]2O[C@@H](C)[C@H](OC(=O)c3ccccc3)[C@@H](OC(=O)c3ccccc3)[C@H]2O[C@@H]2O[C@@H](C)[C@H](OC(=O)c3ccccc3)[C@@H](O[C@@H]3O[C@@H](C)[C@H](OC(=O)c4ccccc4)[C@@H](OC(=O)CCl)[C@H]3OC(=O)c3ccccc3)[C@H]2OC(=O)c2ccccc2)[C@H](NC(=O)OCC(Cl)(Cl)Cl)[C@@H](OC(C)=O)[C@@H]1OC(C)=O. The van der Waals surface area contributed by atoms with Gasteiger partial charge in [0.15, 0.2) is 98.6 Å². The maximum atomic E-state index is 15.5. The molecule has 12 rings (SSSR count). The number of halogens is 4. The van der Waals surface area contributed by atoms with Gasteiger partial charge in [-0.1, -0.05) is 162 Å². The molecule has 0 spiro atoms. The second-order valence-corrected chi connectivity index (χ2v) is 32.6. The molecule has 0 radical (unpaired) electrons. The second kappa shape index (κ2) is 44.8. The highest BCUT2D eigenvalue weighted by atomic mass is 35.6. The standard InChI is InChI=1S/C90H89Cl4NO34/c1-46-63(119-77(100)53-29-15-8-16-30-53)69(126-85-62(95-89(108)110-45-90(92,93)94)68(116-52(7)98)67(115-51(6)97)60(117-85)44-109-50(5)96)73(84(107)111-46)128-88-76(71(123-81(104)57-37-23-12-24-38-57)65(48(3)114-88)121-79(102)55-33-19-10-20-34-55)129-87-75(125-83(106)59-41-27-14-28-42-59)72(66(49(4)113-87)122-80(103)56-35-21-11-22-36-56)127-86-74(124-82(105)58-39-25-13-26-40-58)70(118-61(99)43-91)64(47(2)112-86)120-78(101)54-31-17-9-18-32-54/h8-42,46-49,60,62-76,84-88,107H,43-45H2,1-7H3,(H,95,108)/t46-,47-,48-,49-,60+,62+,63-,64-,65-,66-,67+,68+,69+,70+,71+,72+,73+,74+,75+,76+,84+,85-,86-,87-,88-/m0/s1. The van der Waals surface area contributed by atoms with Gasteiger partial charge in [-0.05, 0) is 113 Å². The lowest BCUT2D eigenvalue weighted by molar-refractivity contribution is -0.399. The quantitative estimate of drug-likeness (QED) is 0.0240. The van der Waals surface area contributed by atoms with Crippen LogP contribution in [0.4, 0.5) is 4.79 Å². The molecule has 686 valence electrons. The molecule has 5 aliphatic rings. The predicted molar refractivity (Wildman–Crippen MR) is 444 cm³/mol. The molecule has 35 nitrogen and oxygen atoms in total. The Labute approximate surface area is 757 Å². The van der Waals surface area contributed by atoms with Gasteiger partial charge in [-0.3, -0.25) is 19.2 Å². The van der Waals surface area contributed by atoms with E-state index in [1.54, 1.807) is 54.6 Å². The largest absolute Gasteiger partial charge is 0.463 e. The molecule has 7 aromatic carbocycles. The molecule has 0 saturated carbocycles. The molecule has 0 aromatic heterocycles. The van der Waals surface area contributed by atoms with Crippen LogP contribution in [-0.4, -0.2) is 253 Å². The summed E-state index contributed by atoms with van der Waals surface area (Å²) >= 11 is 24.3. The van der Waals surface area contributed by atoms with Gasteiger partial charge in [-0.15, -0.1) is 11.6 Å². The number of ether oxygens (including phenoxy) is 21. The monoisotopic (exact) mass is 1870 g/mol. The highest BCUT2D eigenvalue weighted by Crippen LogP contribution is 2.43. The van der Waals surface area contributed by atoms with Crippen molar-refractivity contribution in [2.75, 3.05) is 19.1 Å².